The van der Waals surface area contributed by atoms with Gasteiger partial charge in [-0.15, -0.1) is 0 Å². The topological polar surface area (TPSA) is 0 Å². The van der Waals surface area contributed by atoms with E-state index in [1.54, 1.807) is 22.3 Å². The van der Waals surface area contributed by atoms with Gasteiger partial charge in [0.2, 0.25) is 0 Å². The Labute approximate surface area is 161 Å². The normalized spacial score (nSPS) is 24.4. The molecule has 2 heterocycles. The fourth-order valence-corrected chi connectivity index (χ4v) is 17.4. The minimum Gasteiger partial charge on any atom is -0.0620 e. The van der Waals surface area contributed by atoms with Crippen LogP contribution in [0.25, 0.3) is 0 Å². The van der Waals surface area contributed by atoms with E-state index < -0.39 is 7.26 Å². The van der Waals surface area contributed by atoms with Crippen molar-refractivity contribution < 1.29 is 0 Å². The molecular formula is C24H33P2+. The molecule has 2 atom stereocenters. The van der Waals surface area contributed by atoms with Gasteiger partial charge in [-0.2, -0.15) is 0 Å². The van der Waals surface area contributed by atoms with Gasteiger partial charge in [-0.25, -0.2) is 0 Å². The zero-order valence-electron chi connectivity index (χ0n) is 17.2. The smallest absolute Gasteiger partial charge is 0.0620 e. The van der Waals surface area contributed by atoms with Crippen LogP contribution >= 0.6 is 15.2 Å². The molecule has 26 heavy (non-hydrogen) atoms. The molecule has 2 aromatic carbocycles. The number of hydrogen-bond acceptors (Lipinski definition) is 0. The summed E-state index contributed by atoms with van der Waals surface area (Å²) >= 11 is 0. The van der Waals surface area contributed by atoms with Crippen LogP contribution in [-0.2, 0) is 18.5 Å². The first-order chi connectivity index (χ1) is 12.1. The van der Waals surface area contributed by atoms with Crippen molar-refractivity contribution in [3.63, 3.8) is 0 Å². The SMILES string of the molecule is CC(C)(C)[P@@]1Cc2ccccc2[C@H]1[P+]1(C(C)(C)C)Cc2ccccc2C1. The Kier molecular flexibility index (Phi) is 4.42. The van der Waals surface area contributed by atoms with Crippen LogP contribution in [-0.4, -0.2) is 10.3 Å². The second kappa shape index (κ2) is 6.15. The second-order valence-electron chi connectivity index (χ2n) is 10.2. The highest BCUT2D eigenvalue weighted by Crippen LogP contribution is 2.93. The Morgan fingerprint density at radius 2 is 1.27 bits per heavy atom. The van der Waals surface area contributed by atoms with Gasteiger partial charge in [-0.3, -0.25) is 0 Å². The number of benzene rings is 2. The molecule has 0 fully saturated rings. The third-order valence-electron chi connectivity index (χ3n) is 6.66. The van der Waals surface area contributed by atoms with Crippen LogP contribution in [0.4, 0.5) is 0 Å². The summed E-state index contributed by atoms with van der Waals surface area (Å²) in [6, 6.07) is 18.7. The summed E-state index contributed by atoms with van der Waals surface area (Å²) < 4.78 is 0. The summed E-state index contributed by atoms with van der Waals surface area (Å²) in [4.78, 5) is 0. The Morgan fingerprint density at radius 1 is 0.769 bits per heavy atom. The van der Waals surface area contributed by atoms with Gasteiger partial charge in [0, 0.05) is 7.26 Å². The first-order valence-electron chi connectivity index (χ1n) is 9.92. The highest BCUT2D eigenvalue weighted by Gasteiger charge is 2.63. The van der Waals surface area contributed by atoms with Gasteiger partial charge in [0.1, 0.15) is 5.40 Å². The number of fused-ring (bicyclic) bond motifs is 2. The molecule has 0 amide bonds. The molecule has 0 aromatic heterocycles. The molecule has 4 rings (SSSR count). The van der Waals surface area contributed by atoms with Crippen molar-refractivity contribution in [2.24, 2.45) is 0 Å². The lowest BCUT2D eigenvalue weighted by Crippen LogP contribution is -2.26. The van der Waals surface area contributed by atoms with Crippen molar-refractivity contribution in [1.82, 2.24) is 0 Å². The monoisotopic (exact) mass is 383 g/mol. The molecule has 0 unspecified atom stereocenters. The van der Waals surface area contributed by atoms with Crippen molar-refractivity contribution in [3.05, 3.63) is 70.8 Å². The molecule has 0 spiro atoms. The first-order valence-corrected chi connectivity index (χ1v) is 13.7. The van der Waals surface area contributed by atoms with Gasteiger partial charge < -0.3 is 0 Å². The Hall–Kier alpha value is -0.700. The predicted molar refractivity (Wildman–Crippen MR) is 120 cm³/mol. The molecule has 2 aliphatic rings. The fourth-order valence-electron chi connectivity index (χ4n) is 5.05. The minimum absolute atomic E-state index is 0.0535. The standard InChI is InChI=1S/C24H33P2/c1-23(2,3)25-15-18-11-9-10-14-21(18)22(25)26(24(4,5)6)16-19-12-7-8-13-20(19)17-26/h7-14,22H,15-17H2,1-6H3/q+1/t22-,25+/m1/s1. The van der Waals surface area contributed by atoms with E-state index in [4.69, 9.17) is 0 Å². The van der Waals surface area contributed by atoms with E-state index in [9.17, 15) is 0 Å². The maximum atomic E-state index is 2.55. The average molecular weight is 383 g/mol. The van der Waals surface area contributed by atoms with Gasteiger partial charge in [-0.05, 0) is 62.3 Å². The summed E-state index contributed by atoms with van der Waals surface area (Å²) in [6.07, 6.45) is 4.02. The first kappa shape index (κ1) is 18.7. The fraction of sp³-hybridized carbons (Fsp3) is 0.500. The minimum atomic E-state index is -1.22. The van der Waals surface area contributed by atoms with Gasteiger partial charge in [0.05, 0.1) is 17.5 Å². The van der Waals surface area contributed by atoms with Crippen molar-refractivity contribution >= 4 is 15.2 Å². The van der Waals surface area contributed by atoms with E-state index in [1.165, 1.54) is 18.5 Å². The average Bonchev–Trinajstić information content (AvgIpc) is 3.13. The van der Waals surface area contributed by atoms with Crippen molar-refractivity contribution in [1.29, 1.82) is 0 Å². The second-order valence-corrected chi connectivity index (χ2v) is 18.2. The van der Waals surface area contributed by atoms with Crippen LogP contribution in [0.15, 0.2) is 48.5 Å². The van der Waals surface area contributed by atoms with Crippen LogP contribution in [0, 0.1) is 0 Å². The Balaban J connectivity index is 1.91. The van der Waals surface area contributed by atoms with Crippen LogP contribution in [0.5, 0.6) is 0 Å². The van der Waals surface area contributed by atoms with Crippen molar-refractivity contribution in [3.8, 4) is 0 Å². The summed E-state index contributed by atoms with van der Waals surface area (Å²) in [6.45, 7) is 15.1. The van der Waals surface area contributed by atoms with Crippen molar-refractivity contribution in [2.75, 3.05) is 0 Å². The highest BCUT2D eigenvalue weighted by molar-refractivity contribution is 7.86. The van der Waals surface area contributed by atoms with E-state index in [0.29, 0.717) is 10.3 Å². The molecule has 0 saturated heterocycles. The van der Waals surface area contributed by atoms with E-state index in [0.717, 1.165) is 5.40 Å². The van der Waals surface area contributed by atoms with Gasteiger partial charge in [-0.1, -0.05) is 69.3 Å². The predicted octanol–water partition coefficient (Wildman–Crippen LogP) is 8.01. The molecule has 138 valence electrons. The van der Waals surface area contributed by atoms with Gasteiger partial charge in [0.25, 0.3) is 0 Å². The third kappa shape index (κ3) is 2.80. The molecule has 0 N–H and O–H groups in total. The quantitative estimate of drug-likeness (QED) is 0.438. The molecule has 0 aliphatic carbocycles. The Bertz CT molecular complexity index is 798. The largest absolute Gasteiger partial charge is 0.114 e. The van der Waals surface area contributed by atoms with E-state index in [-0.39, 0.29) is 7.92 Å². The zero-order valence-corrected chi connectivity index (χ0v) is 19.0. The van der Waals surface area contributed by atoms with Gasteiger partial charge >= 0.3 is 0 Å². The summed E-state index contributed by atoms with van der Waals surface area (Å²) in [5, 5.41) is 1.60. The van der Waals surface area contributed by atoms with Crippen LogP contribution in [0.3, 0.4) is 0 Å². The molecule has 0 saturated carbocycles. The summed E-state index contributed by atoms with van der Waals surface area (Å²) in [7, 11) is -1.27. The number of hydrogen-bond donors (Lipinski definition) is 0. The number of rotatable bonds is 1. The van der Waals surface area contributed by atoms with Gasteiger partial charge in [0.15, 0.2) is 0 Å². The maximum Gasteiger partial charge on any atom is 0.114 e. The molecule has 0 radical (unpaired) electrons. The third-order valence-corrected chi connectivity index (χ3v) is 17.8. The van der Waals surface area contributed by atoms with E-state index in [2.05, 4.69) is 90.1 Å². The lowest BCUT2D eigenvalue weighted by atomic mass is 10.1. The summed E-state index contributed by atoms with van der Waals surface area (Å²) in [5.74, 6) is 0. The van der Waals surface area contributed by atoms with E-state index in [1.807, 2.05) is 0 Å². The lowest BCUT2D eigenvalue weighted by Gasteiger charge is -2.45. The molecule has 2 aliphatic heterocycles. The molecule has 0 nitrogen and oxygen atoms in total. The van der Waals surface area contributed by atoms with Crippen molar-refractivity contribution in [2.45, 2.75) is 75.7 Å². The molecule has 2 heteroatoms. The van der Waals surface area contributed by atoms with Crippen LogP contribution in [0.1, 0.15) is 69.2 Å². The molecule has 0 bridgehead atoms. The van der Waals surface area contributed by atoms with Crippen LogP contribution < -0.4 is 0 Å². The zero-order chi connectivity index (χ0) is 18.7. The summed E-state index contributed by atoms with van der Waals surface area (Å²) in [5.41, 5.74) is 6.65. The lowest BCUT2D eigenvalue weighted by molar-refractivity contribution is 0.750. The molecule has 2 aromatic rings. The Morgan fingerprint density at radius 3 is 1.77 bits per heavy atom. The highest BCUT2D eigenvalue weighted by atomic mass is 31.2. The van der Waals surface area contributed by atoms with E-state index >= 15 is 0 Å². The molecular weight excluding hydrogens is 350 g/mol. The van der Waals surface area contributed by atoms with Crippen LogP contribution in [0.2, 0.25) is 0 Å². The maximum absolute atomic E-state index is 2.55.